The van der Waals surface area contributed by atoms with E-state index in [2.05, 4.69) is 4.72 Å². The van der Waals surface area contributed by atoms with Gasteiger partial charge in [-0.15, -0.1) is 11.3 Å². The van der Waals surface area contributed by atoms with E-state index in [1.54, 1.807) is 35.7 Å². The van der Waals surface area contributed by atoms with Crippen molar-refractivity contribution < 1.29 is 8.42 Å². The Morgan fingerprint density at radius 3 is 2.59 bits per heavy atom. The zero-order valence-electron chi connectivity index (χ0n) is 8.62. The lowest BCUT2D eigenvalue weighted by molar-refractivity contribution is 0.603. The van der Waals surface area contributed by atoms with Crippen LogP contribution in [0, 0.1) is 11.3 Å². The number of nitrogens with zero attached hydrogens (tertiary/aromatic N) is 1. The lowest BCUT2D eigenvalue weighted by Crippen LogP contribution is -2.12. The summed E-state index contributed by atoms with van der Waals surface area (Å²) in [5.74, 6) is 0. The predicted molar refractivity (Wildman–Crippen MR) is 66.3 cm³/mol. The number of para-hydroxylation sites is 1. The highest BCUT2D eigenvalue weighted by molar-refractivity contribution is 7.94. The Bertz CT molecular complexity index is 655. The number of hydrogen-bond donors (Lipinski definition) is 1. The first-order valence-electron chi connectivity index (χ1n) is 4.69. The molecule has 6 heteroatoms. The van der Waals surface area contributed by atoms with Gasteiger partial charge in [0.1, 0.15) is 10.3 Å². The van der Waals surface area contributed by atoms with Gasteiger partial charge in [-0.25, -0.2) is 8.42 Å². The van der Waals surface area contributed by atoms with Crippen LogP contribution in [0.4, 0.5) is 5.69 Å². The van der Waals surface area contributed by atoms with Gasteiger partial charge in [-0.1, -0.05) is 18.2 Å². The monoisotopic (exact) mass is 264 g/mol. The molecule has 0 amide bonds. The molecule has 0 aliphatic carbocycles. The molecule has 1 heterocycles. The van der Waals surface area contributed by atoms with Crippen molar-refractivity contribution in [1.29, 1.82) is 5.26 Å². The van der Waals surface area contributed by atoms with E-state index < -0.39 is 10.0 Å². The first-order valence-corrected chi connectivity index (χ1v) is 7.05. The van der Waals surface area contributed by atoms with E-state index in [0.717, 1.165) is 11.3 Å². The Balaban J connectivity index is 2.37. The van der Waals surface area contributed by atoms with E-state index in [9.17, 15) is 8.42 Å². The molecule has 17 heavy (non-hydrogen) atoms. The fraction of sp³-hybridized carbons (Fsp3) is 0. The van der Waals surface area contributed by atoms with Crippen LogP contribution in [0.15, 0.2) is 46.0 Å². The molecule has 0 fully saturated rings. The molecule has 1 aromatic carbocycles. The minimum absolute atomic E-state index is 0.227. The summed E-state index contributed by atoms with van der Waals surface area (Å²) in [5.41, 5.74) is 0.594. The van der Waals surface area contributed by atoms with Gasteiger partial charge in [0, 0.05) is 0 Å². The fourth-order valence-corrected chi connectivity index (χ4v) is 3.35. The Labute approximate surface area is 103 Å². The van der Waals surface area contributed by atoms with E-state index in [1.807, 2.05) is 6.07 Å². The third kappa shape index (κ3) is 2.46. The van der Waals surface area contributed by atoms with E-state index in [4.69, 9.17) is 5.26 Å². The Hall–Kier alpha value is -1.84. The second kappa shape index (κ2) is 4.57. The maximum atomic E-state index is 11.9. The quantitative estimate of drug-likeness (QED) is 0.925. The van der Waals surface area contributed by atoms with E-state index in [-0.39, 0.29) is 4.21 Å². The molecule has 1 N–H and O–H groups in total. The van der Waals surface area contributed by atoms with Gasteiger partial charge in [-0.2, -0.15) is 5.26 Å². The van der Waals surface area contributed by atoms with Gasteiger partial charge >= 0.3 is 0 Å². The van der Waals surface area contributed by atoms with Crippen LogP contribution in [-0.4, -0.2) is 8.42 Å². The van der Waals surface area contributed by atoms with Crippen LogP contribution in [0.25, 0.3) is 0 Å². The number of hydrogen-bond acceptors (Lipinski definition) is 4. The highest BCUT2D eigenvalue weighted by atomic mass is 32.2. The van der Waals surface area contributed by atoms with Crippen molar-refractivity contribution in [3.63, 3.8) is 0 Å². The highest BCUT2D eigenvalue weighted by Gasteiger charge is 2.16. The molecular weight excluding hydrogens is 256 g/mol. The van der Waals surface area contributed by atoms with Gasteiger partial charge in [0.2, 0.25) is 0 Å². The van der Waals surface area contributed by atoms with E-state index in [1.165, 1.54) is 6.07 Å². The molecule has 2 aromatic rings. The third-order valence-electron chi connectivity index (χ3n) is 2.05. The number of anilines is 1. The molecule has 86 valence electrons. The number of thiophene rings is 1. The van der Waals surface area contributed by atoms with Gasteiger partial charge < -0.3 is 0 Å². The van der Waals surface area contributed by atoms with Crippen molar-refractivity contribution in [2.75, 3.05) is 4.72 Å². The molecule has 0 aliphatic heterocycles. The van der Waals surface area contributed by atoms with Gasteiger partial charge in [-0.3, -0.25) is 4.72 Å². The van der Waals surface area contributed by atoms with Crippen molar-refractivity contribution in [1.82, 2.24) is 0 Å². The molecule has 2 rings (SSSR count). The van der Waals surface area contributed by atoms with Crippen molar-refractivity contribution in [2.24, 2.45) is 0 Å². The van der Waals surface area contributed by atoms with E-state index >= 15 is 0 Å². The van der Waals surface area contributed by atoms with Crippen molar-refractivity contribution in [3.8, 4) is 6.07 Å². The van der Waals surface area contributed by atoms with Crippen molar-refractivity contribution in [2.45, 2.75) is 4.21 Å². The smallest absolute Gasteiger partial charge is 0.271 e. The SMILES string of the molecule is N#Cc1ccccc1NS(=O)(=O)c1cccs1. The van der Waals surface area contributed by atoms with Crippen molar-refractivity contribution >= 4 is 27.0 Å². The molecule has 4 nitrogen and oxygen atoms in total. The van der Waals surface area contributed by atoms with Gasteiger partial charge in [0.05, 0.1) is 11.3 Å². The van der Waals surface area contributed by atoms with Crippen LogP contribution in [0.2, 0.25) is 0 Å². The summed E-state index contributed by atoms with van der Waals surface area (Å²) in [7, 11) is -3.59. The summed E-state index contributed by atoms with van der Waals surface area (Å²) in [5, 5.41) is 10.5. The van der Waals surface area contributed by atoms with Crippen LogP contribution < -0.4 is 4.72 Å². The zero-order chi connectivity index (χ0) is 12.3. The molecule has 0 bridgehead atoms. The van der Waals surface area contributed by atoms with E-state index in [0.29, 0.717) is 11.3 Å². The molecule has 0 saturated carbocycles. The maximum Gasteiger partial charge on any atom is 0.271 e. The van der Waals surface area contributed by atoms with Crippen LogP contribution in [0.1, 0.15) is 5.56 Å². The molecule has 1 aromatic heterocycles. The minimum Gasteiger partial charge on any atom is -0.278 e. The normalized spacial score (nSPS) is 10.8. The second-order valence-electron chi connectivity index (χ2n) is 3.19. The van der Waals surface area contributed by atoms with Gasteiger partial charge in [0.25, 0.3) is 10.0 Å². The number of nitriles is 1. The molecule has 0 radical (unpaired) electrons. The largest absolute Gasteiger partial charge is 0.278 e. The first kappa shape index (κ1) is 11.6. The molecule has 0 atom stereocenters. The summed E-state index contributed by atoms with van der Waals surface area (Å²) < 4.78 is 26.5. The number of rotatable bonds is 3. The Kier molecular flexibility index (Phi) is 3.13. The lowest BCUT2D eigenvalue weighted by Gasteiger charge is -2.07. The number of sulfonamides is 1. The van der Waals surface area contributed by atoms with Gasteiger partial charge in [-0.05, 0) is 23.6 Å². The summed E-state index contributed by atoms with van der Waals surface area (Å²) in [6, 6.07) is 11.6. The second-order valence-corrected chi connectivity index (χ2v) is 6.05. The number of benzene rings is 1. The zero-order valence-corrected chi connectivity index (χ0v) is 10.3. The van der Waals surface area contributed by atoms with Crippen LogP contribution in [0.5, 0.6) is 0 Å². The third-order valence-corrected chi connectivity index (χ3v) is 4.81. The standard InChI is InChI=1S/C11H8N2O2S2/c12-8-9-4-1-2-5-10(9)13-17(14,15)11-6-3-7-16-11/h1-7,13H. The molecular formula is C11H8N2O2S2. The minimum atomic E-state index is -3.59. The average Bonchev–Trinajstić information content (AvgIpc) is 2.83. The number of nitrogens with one attached hydrogen (secondary N) is 1. The molecule has 0 saturated heterocycles. The molecule has 0 unspecified atom stereocenters. The van der Waals surface area contributed by atoms with Crippen LogP contribution >= 0.6 is 11.3 Å². The van der Waals surface area contributed by atoms with Gasteiger partial charge in [0.15, 0.2) is 0 Å². The topological polar surface area (TPSA) is 70.0 Å². The summed E-state index contributed by atoms with van der Waals surface area (Å²) in [6.07, 6.45) is 0. The Morgan fingerprint density at radius 1 is 1.18 bits per heavy atom. The summed E-state index contributed by atoms with van der Waals surface area (Å²) >= 11 is 1.13. The predicted octanol–water partition coefficient (Wildman–Crippen LogP) is 2.42. The van der Waals surface area contributed by atoms with Crippen molar-refractivity contribution in [3.05, 3.63) is 47.3 Å². The Morgan fingerprint density at radius 2 is 1.94 bits per heavy atom. The maximum absolute atomic E-state index is 11.9. The van der Waals surface area contributed by atoms with Crippen LogP contribution in [-0.2, 0) is 10.0 Å². The summed E-state index contributed by atoms with van der Waals surface area (Å²) in [6.45, 7) is 0. The molecule has 0 aliphatic rings. The molecule has 0 spiro atoms. The average molecular weight is 264 g/mol. The van der Waals surface area contributed by atoms with Crippen LogP contribution in [0.3, 0.4) is 0 Å². The highest BCUT2D eigenvalue weighted by Crippen LogP contribution is 2.22. The lowest BCUT2D eigenvalue weighted by atomic mass is 10.2. The first-order chi connectivity index (χ1) is 8.13. The summed E-state index contributed by atoms with van der Waals surface area (Å²) in [4.78, 5) is 0. The fourth-order valence-electron chi connectivity index (χ4n) is 1.28.